The third kappa shape index (κ3) is 2.37. The van der Waals surface area contributed by atoms with Gasteiger partial charge in [-0.25, -0.2) is 0 Å². The molecule has 0 heterocycles. The predicted molar refractivity (Wildman–Crippen MR) is 68.9 cm³/mol. The Balaban J connectivity index is 3.39. The summed E-state index contributed by atoms with van der Waals surface area (Å²) in [6.45, 7) is 4.29. The van der Waals surface area contributed by atoms with E-state index >= 15 is 0 Å². The number of aryl methyl sites for hydroxylation is 1. The van der Waals surface area contributed by atoms with Gasteiger partial charge in [0, 0.05) is 15.1 Å². The SMILES string of the molecule is Cc1cc(CBr)c(CBr)c(Br)c1C. The lowest BCUT2D eigenvalue weighted by Crippen LogP contribution is -1.95. The van der Waals surface area contributed by atoms with Gasteiger partial charge in [-0.05, 0) is 36.1 Å². The fourth-order valence-corrected chi connectivity index (χ4v) is 3.49. The van der Waals surface area contributed by atoms with E-state index in [1.54, 1.807) is 0 Å². The molecule has 3 heteroatoms. The number of hydrogen-bond acceptors (Lipinski definition) is 0. The van der Waals surface area contributed by atoms with Crippen molar-refractivity contribution < 1.29 is 0 Å². The molecule has 1 aromatic rings. The van der Waals surface area contributed by atoms with E-state index < -0.39 is 0 Å². The summed E-state index contributed by atoms with van der Waals surface area (Å²) in [5.41, 5.74) is 5.37. The Morgan fingerprint density at radius 2 is 1.77 bits per heavy atom. The smallest absolute Gasteiger partial charge is 0.0297 e. The molecule has 0 amide bonds. The van der Waals surface area contributed by atoms with Crippen LogP contribution in [0.4, 0.5) is 0 Å². The Bertz CT molecular complexity index is 318. The molecule has 0 aliphatic carbocycles. The summed E-state index contributed by atoms with van der Waals surface area (Å²) in [5, 5.41) is 1.81. The monoisotopic (exact) mass is 368 g/mol. The minimum absolute atomic E-state index is 0.898. The van der Waals surface area contributed by atoms with E-state index in [1.807, 2.05) is 0 Å². The van der Waals surface area contributed by atoms with Crippen molar-refractivity contribution in [2.45, 2.75) is 24.5 Å². The quantitative estimate of drug-likeness (QED) is 0.652. The molecule has 0 nitrogen and oxygen atoms in total. The Morgan fingerprint density at radius 1 is 1.15 bits per heavy atom. The minimum atomic E-state index is 0.898. The summed E-state index contributed by atoms with van der Waals surface area (Å²) in [7, 11) is 0. The van der Waals surface area contributed by atoms with Crippen molar-refractivity contribution in [1.82, 2.24) is 0 Å². The molecule has 0 atom stereocenters. The number of alkyl halides is 2. The van der Waals surface area contributed by atoms with Crippen LogP contribution in [0.5, 0.6) is 0 Å². The summed E-state index contributed by atoms with van der Waals surface area (Å²) < 4.78 is 1.24. The van der Waals surface area contributed by atoms with Crippen molar-refractivity contribution in [3.05, 3.63) is 32.8 Å². The van der Waals surface area contributed by atoms with Gasteiger partial charge in [-0.15, -0.1) is 0 Å². The van der Waals surface area contributed by atoms with Crippen molar-refractivity contribution in [3.63, 3.8) is 0 Å². The average Bonchev–Trinajstić information content (AvgIpc) is 2.13. The van der Waals surface area contributed by atoms with Crippen LogP contribution in [0.1, 0.15) is 22.3 Å². The van der Waals surface area contributed by atoms with Crippen molar-refractivity contribution in [3.8, 4) is 0 Å². The first-order valence-corrected chi connectivity index (χ1v) is 7.04. The maximum absolute atomic E-state index is 3.63. The zero-order chi connectivity index (χ0) is 10.0. The molecule has 0 spiro atoms. The van der Waals surface area contributed by atoms with E-state index in [0.29, 0.717) is 0 Å². The minimum Gasteiger partial charge on any atom is -0.0876 e. The number of halogens is 3. The molecule has 72 valence electrons. The molecule has 0 N–H and O–H groups in total. The van der Waals surface area contributed by atoms with E-state index in [0.717, 1.165) is 10.7 Å². The molecule has 0 radical (unpaired) electrons. The van der Waals surface area contributed by atoms with E-state index in [9.17, 15) is 0 Å². The lowest BCUT2D eigenvalue weighted by Gasteiger charge is -2.12. The highest BCUT2D eigenvalue weighted by Crippen LogP contribution is 2.30. The van der Waals surface area contributed by atoms with Crippen molar-refractivity contribution in [1.29, 1.82) is 0 Å². The van der Waals surface area contributed by atoms with Crippen molar-refractivity contribution in [2.75, 3.05) is 0 Å². The molecule has 0 aliphatic rings. The van der Waals surface area contributed by atoms with E-state index in [2.05, 4.69) is 67.7 Å². The molecular formula is C10H11Br3. The summed E-state index contributed by atoms with van der Waals surface area (Å²) >= 11 is 10.6. The second-order valence-electron chi connectivity index (χ2n) is 3.04. The van der Waals surface area contributed by atoms with E-state index in [4.69, 9.17) is 0 Å². The van der Waals surface area contributed by atoms with Crippen LogP contribution in [0.25, 0.3) is 0 Å². The maximum Gasteiger partial charge on any atom is 0.0297 e. The Hall–Kier alpha value is 0.660. The highest BCUT2D eigenvalue weighted by atomic mass is 79.9. The molecule has 0 aliphatic heterocycles. The first kappa shape index (κ1) is 11.7. The molecule has 0 bridgehead atoms. The van der Waals surface area contributed by atoms with Gasteiger partial charge in [-0.1, -0.05) is 53.9 Å². The third-order valence-electron chi connectivity index (χ3n) is 2.24. The first-order valence-electron chi connectivity index (χ1n) is 4.01. The molecule has 1 aromatic carbocycles. The normalized spacial score (nSPS) is 10.5. The zero-order valence-electron chi connectivity index (χ0n) is 7.63. The fourth-order valence-electron chi connectivity index (χ4n) is 1.26. The van der Waals surface area contributed by atoms with Gasteiger partial charge in [0.25, 0.3) is 0 Å². The second kappa shape index (κ2) is 4.94. The molecule has 0 unspecified atom stereocenters. The summed E-state index contributed by atoms with van der Waals surface area (Å²) in [6, 6.07) is 2.24. The summed E-state index contributed by atoms with van der Waals surface area (Å²) in [4.78, 5) is 0. The molecule has 0 aromatic heterocycles. The van der Waals surface area contributed by atoms with Crippen LogP contribution in [0, 0.1) is 13.8 Å². The van der Waals surface area contributed by atoms with Gasteiger partial charge in [0.15, 0.2) is 0 Å². The van der Waals surface area contributed by atoms with Gasteiger partial charge >= 0.3 is 0 Å². The van der Waals surface area contributed by atoms with Crippen LogP contribution >= 0.6 is 47.8 Å². The predicted octanol–water partition coefficient (Wildman–Crippen LogP) is 4.86. The second-order valence-corrected chi connectivity index (χ2v) is 4.95. The summed E-state index contributed by atoms with van der Waals surface area (Å²) in [5.74, 6) is 0. The Labute approximate surface area is 104 Å². The zero-order valence-corrected chi connectivity index (χ0v) is 12.4. The highest BCUT2D eigenvalue weighted by molar-refractivity contribution is 9.11. The highest BCUT2D eigenvalue weighted by Gasteiger charge is 2.09. The molecule has 1 rings (SSSR count). The largest absolute Gasteiger partial charge is 0.0876 e. The number of hydrogen-bond donors (Lipinski definition) is 0. The first-order chi connectivity index (χ1) is 6.11. The fraction of sp³-hybridized carbons (Fsp3) is 0.400. The van der Waals surface area contributed by atoms with Crippen LogP contribution < -0.4 is 0 Å². The van der Waals surface area contributed by atoms with Crippen molar-refractivity contribution >= 4 is 47.8 Å². The third-order valence-corrected chi connectivity index (χ3v) is 4.48. The van der Waals surface area contributed by atoms with Gasteiger partial charge in [-0.3, -0.25) is 0 Å². The molecule has 13 heavy (non-hydrogen) atoms. The standard InChI is InChI=1S/C10H11Br3/c1-6-3-8(4-11)9(5-12)10(13)7(6)2/h3H,4-5H2,1-2H3. The Morgan fingerprint density at radius 3 is 2.23 bits per heavy atom. The summed E-state index contributed by atoms with van der Waals surface area (Å²) in [6.07, 6.45) is 0. The average molecular weight is 371 g/mol. The van der Waals surface area contributed by atoms with Gasteiger partial charge in [0.2, 0.25) is 0 Å². The molecule has 0 saturated carbocycles. The number of rotatable bonds is 2. The van der Waals surface area contributed by atoms with Crippen LogP contribution in [0.3, 0.4) is 0 Å². The van der Waals surface area contributed by atoms with E-state index in [-0.39, 0.29) is 0 Å². The topological polar surface area (TPSA) is 0 Å². The Kier molecular flexibility index (Phi) is 4.46. The van der Waals surface area contributed by atoms with Gasteiger partial charge in [0.1, 0.15) is 0 Å². The lowest BCUT2D eigenvalue weighted by molar-refractivity contribution is 1.20. The molecule has 0 fully saturated rings. The molecule has 0 saturated heterocycles. The van der Waals surface area contributed by atoms with Crippen LogP contribution in [-0.4, -0.2) is 0 Å². The van der Waals surface area contributed by atoms with Gasteiger partial charge < -0.3 is 0 Å². The van der Waals surface area contributed by atoms with E-state index in [1.165, 1.54) is 26.7 Å². The van der Waals surface area contributed by atoms with Gasteiger partial charge in [0.05, 0.1) is 0 Å². The number of benzene rings is 1. The van der Waals surface area contributed by atoms with Crippen molar-refractivity contribution in [2.24, 2.45) is 0 Å². The lowest BCUT2D eigenvalue weighted by atomic mass is 10.0. The van der Waals surface area contributed by atoms with Crippen LogP contribution in [0.2, 0.25) is 0 Å². The van der Waals surface area contributed by atoms with Gasteiger partial charge in [-0.2, -0.15) is 0 Å². The van der Waals surface area contributed by atoms with Crippen LogP contribution in [0.15, 0.2) is 10.5 Å². The van der Waals surface area contributed by atoms with Crippen LogP contribution in [-0.2, 0) is 10.7 Å². The molecular weight excluding hydrogens is 360 g/mol. The maximum atomic E-state index is 3.63.